The zero-order valence-electron chi connectivity index (χ0n) is 17.2. The maximum atomic E-state index is 12.5. The fourth-order valence-electron chi connectivity index (χ4n) is 2.70. The van der Waals surface area contributed by atoms with E-state index in [0.717, 1.165) is 23.6 Å². The first-order valence-electron chi connectivity index (χ1n) is 8.91. The first-order valence-corrected chi connectivity index (χ1v) is 10.7. The van der Waals surface area contributed by atoms with Gasteiger partial charge in [0.15, 0.2) is 5.16 Å². The maximum absolute atomic E-state index is 12.5. The van der Waals surface area contributed by atoms with Gasteiger partial charge >= 0.3 is 11.9 Å². The summed E-state index contributed by atoms with van der Waals surface area (Å²) in [7, 11) is 2.49. The van der Waals surface area contributed by atoms with Crippen LogP contribution in [0.25, 0.3) is 0 Å². The summed E-state index contributed by atoms with van der Waals surface area (Å²) >= 11 is 2.23. The summed E-state index contributed by atoms with van der Waals surface area (Å²) in [6.07, 6.45) is 0.741. The number of aromatic nitrogens is 3. The number of nitrogens with one attached hydrogen (secondary N) is 1. The maximum Gasteiger partial charge on any atom is 0.348 e. The van der Waals surface area contributed by atoms with Crippen molar-refractivity contribution >= 4 is 45.9 Å². The van der Waals surface area contributed by atoms with E-state index in [1.54, 1.807) is 6.92 Å². The van der Waals surface area contributed by atoms with Crippen LogP contribution in [0, 0.1) is 6.92 Å². The molecule has 2 heterocycles. The monoisotopic (exact) mass is 440 g/mol. The van der Waals surface area contributed by atoms with Gasteiger partial charge in [0.1, 0.15) is 15.7 Å². The number of nitrogens with zero attached hydrogens (tertiary/aromatic N) is 3. The number of carbonyl (C=O) groups excluding carboxylic acids is 3. The molecule has 29 heavy (non-hydrogen) atoms. The van der Waals surface area contributed by atoms with E-state index in [1.165, 1.54) is 26.0 Å². The third-order valence-electron chi connectivity index (χ3n) is 4.06. The van der Waals surface area contributed by atoms with Crippen LogP contribution in [0.15, 0.2) is 5.16 Å². The van der Waals surface area contributed by atoms with Crippen LogP contribution in [-0.4, -0.2) is 52.6 Å². The molecule has 0 spiro atoms. The lowest BCUT2D eigenvalue weighted by molar-refractivity contribution is -0.113. The molecule has 0 atom stereocenters. The fraction of sp³-hybridized carbons (Fsp3) is 0.500. The lowest BCUT2D eigenvalue weighted by Gasteiger charge is -2.12. The highest BCUT2D eigenvalue weighted by Crippen LogP contribution is 2.34. The predicted molar refractivity (Wildman–Crippen MR) is 111 cm³/mol. The Kier molecular flexibility index (Phi) is 7.80. The van der Waals surface area contributed by atoms with Gasteiger partial charge in [-0.05, 0) is 26.3 Å². The van der Waals surface area contributed by atoms with Crippen LogP contribution in [0.5, 0.6) is 0 Å². The number of anilines is 1. The Balaban J connectivity index is 2.20. The summed E-state index contributed by atoms with van der Waals surface area (Å²) in [6, 6.07) is 0.166. The van der Waals surface area contributed by atoms with E-state index >= 15 is 0 Å². The zero-order chi connectivity index (χ0) is 21.7. The van der Waals surface area contributed by atoms with Crippen LogP contribution in [-0.2, 0) is 20.7 Å². The third-order valence-corrected chi connectivity index (χ3v) is 6.19. The second-order valence-electron chi connectivity index (χ2n) is 6.30. The van der Waals surface area contributed by atoms with Crippen LogP contribution >= 0.6 is 23.1 Å². The number of hydrogen-bond acceptors (Lipinski definition) is 9. The molecule has 2 aromatic rings. The Morgan fingerprint density at radius 3 is 2.38 bits per heavy atom. The molecular weight excluding hydrogens is 416 g/mol. The lowest BCUT2D eigenvalue weighted by Crippen LogP contribution is -2.16. The standard InChI is InChI=1S/C18H24N4O5S2/c1-7-11-20-21-18(22(11)9(2)3)28-8-12(23)19-15-13(16(24)26-5)10(4)14(29-15)17(25)27-6/h9H,7-8H2,1-6H3,(H,19,23). The molecule has 1 amide bonds. The van der Waals surface area contributed by atoms with E-state index in [2.05, 4.69) is 15.5 Å². The first-order chi connectivity index (χ1) is 13.7. The number of carbonyl (C=O) groups is 3. The average Bonchev–Trinajstić information content (AvgIpc) is 3.26. The van der Waals surface area contributed by atoms with Crippen LogP contribution in [0.1, 0.15) is 58.2 Å². The molecule has 0 radical (unpaired) electrons. The van der Waals surface area contributed by atoms with Crippen LogP contribution < -0.4 is 5.32 Å². The van der Waals surface area contributed by atoms with Gasteiger partial charge in [0, 0.05) is 12.5 Å². The van der Waals surface area contributed by atoms with E-state index in [-0.39, 0.29) is 33.1 Å². The molecule has 158 valence electrons. The predicted octanol–water partition coefficient (Wildman–Crippen LogP) is 3.10. The molecule has 2 aromatic heterocycles. The molecule has 0 aliphatic heterocycles. The van der Waals surface area contributed by atoms with Crippen molar-refractivity contribution in [3.05, 3.63) is 21.8 Å². The average molecular weight is 441 g/mol. The molecule has 0 saturated carbocycles. The lowest BCUT2D eigenvalue weighted by atomic mass is 10.1. The van der Waals surface area contributed by atoms with Gasteiger partial charge in [-0.15, -0.1) is 21.5 Å². The van der Waals surface area contributed by atoms with Crippen molar-refractivity contribution in [1.82, 2.24) is 14.8 Å². The minimum atomic E-state index is -0.635. The van der Waals surface area contributed by atoms with Gasteiger partial charge in [-0.2, -0.15) is 0 Å². The minimum absolute atomic E-state index is 0.0691. The summed E-state index contributed by atoms with van der Waals surface area (Å²) in [6.45, 7) is 7.66. The molecule has 0 fully saturated rings. The van der Waals surface area contributed by atoms with E-state index in [4.69, 9.17) is 9.47 Å². The summed E-state index contributed by atoms with van der Waals surface area (Å²) in [4.78, 5) is 36.8. The Bertz CT molecular complexity index is 920. The number of methoxy groups -OCH3 is 2. The number of rotatable bonds is 8. The quantitative estimate of drug-likeness (QED) is 0.492. The van der Waals surface area contributed by atoms with Gasteiger partial charge in [-0.1, -0.05) is 18.7 Å². The molecule has 0 bridgehead atoms. The summed E-state index contributed by atoms with van der Waals surface area (Å²) < 4.78 is 11.5. The second-order valence-corrected chi connectivity index (χ2v) is 8.26. The third kappa shape index (κ3) is 4.96. The first kappa shape index (κ1) is 22.9. The molecule has 11 heteroatoms. The van der Waals surface area contributed by atoms with E-state index in [9.17, 15) is 14.4 Å². The molecule has 0 aliphatic rings. The number of ether oxygens (including phenoxy) is 2. The van der Waals surface area contributed by atoms with Crippen molar-refractivity contribution in [2.24, 2.45) is 0 Å². The van der Waals surface area contributed by atoms with Crippen molar-refractivity contribution in [2.45, 2.75) is 45.3 Å². The second kappa shape index (κ2) is 9.88. The summed E-state index contributed by atoms with van der Waals surface area (Å²) in [5.41, 5.74) is 0.554. The van der Waals surface area contributed by atoms with Crippen molar-refractivity contribution in [3.63, 3.8) is 0 Å². The van der Waals surface area contributed by atoms with Crippen molar-refractivity contribution < 1.29 is 23.9 Å². The molecule has 1 N–H and O–H groups in total. The minimum Gasteiger partial charge on any atom is -0.465 e. The molecule has 0 aliphatic carbocycles. The van der Waals surface area contributed by atoms with E-state index in [1.807, 2.05) is 25.3 Å². The van der Waals surface area contributed by atoms with Crippen LogP contribution in [0.3, 0.4) is 0 Å². The summed E-state index contributed by atoms with van der Waals surface area (Å²) in [5.74, 6) is -0.630. The molecule has 0 saturated heterocycles. The van der Waals surface area contributed by atoms with E-state index in [0.29, 0.717) is 10.7 Å². The summed E-state index contributed by atoms with van der Waals surface area (Å²) in [5, 5.41) is 11.9. The Hall–Kier alpha value is -2.40. The number of thiophene rings is 1. The zero-order valence-corrected chi connectivity index (χ0v) is 18.8. The highest BCUT2D eigenvalue weighted by Gasteiger charge is 2.27. The number of hydrogen-bond donors (Lipinski definition) is 1. The van der Waals surface area contributed by atoms with Crippen molar-refractivity contribution in [2.75, 3.05) is 25.3 Å². The van der Waals surface area contributed by atoms with Gasteiger partial charge in [-0.3, -0.25) is 4.79 Å². The Labute approximate surface area is 177 Å². The van der Waals surface area contributed by atoms with Crippen LogP contribution in [0.2, 0.25) is 0 Å². The van der Waals surface area contributed by atoms with E-state index < -0.39 is 11.9 Å². The number of thioether (sulfide) groups is 1. The number of esters is 2. The number of aryl methyl sites for hydroxylation is 1. The fourth-order valence-corrected chi connectivity index (χ4v) is 4.71. The highest BCUT2D eigenvalue weighted by atomic mass is 32.2. The smallest absolute Gasteiger partial charge is 0.348 e. The molecular formula is C18H24N4O5S2. The van der Waals surface area contributed by atoms with Gasteiger partial charge in [0.2, 0.25) is 5.91 Å². The molecule has 2 rings (SSSR count). The van der Waals surface area contributed by atoms with Gasteiger partial charge in [-0.25, -0.2) is 9.59 Å². The largest absolute Gasteiger partial charge is 0.465 e. The topological polar surface area (TPSA) is 112 Å². The van der Waals surface area contributed by atoms with Crippen LogP contribution in [0.4, 0.5) is 5.00 Å². The molecule has 0 aromatic carbocycles. The van der Waals surface area contributed by atoms with Crippen molar-refractivity contribution in [1.29, 1.82) is 0 Å². The number of amides is 1. The Morgan fingerprint density at radius 2 is 1.83 bits per heavy atom. The van der Waals surface area contributed by atoms with Crippen molar-refractivity contribution in [3.8, 4) is 0 Å². The normalized spacial score (nSPS) is 10.9. The van der Waals surface area contributed by atoms with Gasteiger partial charge in [0.25, 0.3) is 0 Å². The highest BCUT2D eigenvalue weighted by molar-refractivity contribution is 7.99. The van der Waals surface area contributed by atoms with Gasteiger partial charge < -0.3 is 19.4 Å². The molecule has 9 nitrogen and oxygen atoms in total. The Morgan fingerprint density at radius 1 is 1.17 bits per heavy atom. The van der Waals surface area contributed by atoms with Gasteiger partial charge in [0.05, 0.1) is 25.5 Å². The SMILES string of the molecule is CCc1nnc(SCC(=O)Nc2sc(C(=O)OC)c(C)c2C(=O)OC)n1C(C)C. The molecule has 0 unspecified atom stereocenters.